The van der Waals surface area contributed by atoms with Gasteiger partial charge in [-0.3, -0.25) is 9.11 Å². The van der Waals surface area contributed by atoms with Crippen LogP contribution in [0.2, 0.25) is 0 Å². The van der Waals surface area contributed by atoms with Crippen LogP contribution in [0, 0.1) is 0 Å². The normalized spacial score (nSPS) is 20.5. The van der Waals surface area contributed by atoms with E-state index in [0.717, 1.165) is 90.9 Å². The van der Waals surface area contributed by atoms with Gasteiger partial charge in [0.25, 0.3) is 20.2 Å². The van der Waals surface area contributed by atoms with Crippen LogP contribution in [0.5, 0.6) is 0 Å². The van der Waals surface area contributed by atoms with Crippen molar-refractivity contribution < 1.29 is 30.5 Å². The average Bonchev–Trinajstić information content (AvgIpc) is 3.38. The summed E-state index contributed by atoms with van der Waals surface area (Å²) in [5.74, 6) is 0. The van der Waals surface area contributed by atoms with Gasteiger partial charge in [-0.15, -0.1) is 0 Å². The van der Waals surface area contributed by atoms with E-state index in [1.165, 1.54) is 24.3 Å². The largest absolute Gasteiger partial charge is 0.347 e. The van der Waals surface area contributed by atoms with Crippen LogP contribution in [0.3, 0.4) is 0 Å². The average molecular weight is 744 g/mol. The van der Waals surface area contributed by atoms with Crippen LogP contribution in [0.25, 0.3) is 21.5 Å². The summed E-state index contributed by atoms with van der Waals surface area (Å²) in [5.41, 5.74) is 7.77. The molecule has 2 heterocycles. The number of hydrogen-bond donors (Lipinski definition) is 2. The first-order chi connectivity index (χ1) is 23.8. The van der Waals surface area contributed by atoms with E-state index in [4.69, 9.17) is 11.6 Å². The summed E-state index contributed by atoms with van der Waals surface area (Å²) < 4.78 is 68.5. The quantitative estimate of drug-likeness (QED) is 0.155. The van der Waals surface area contributed by atoms with E-state index in [-0.39, 0.29) is 9.79 Å². The molecule has 0 saturated heterocycles. The van der Waals surface area contributed by atoms with Gasteiger partial charge in [-0.25, -0.2) is 0 Å². The summed E-state index contributed by atoms with van der Waals surface area (Å²) in [5, 5.41) is 4.11. The molecule has 11 heteroatoms. The molecule has 7 rings (SSSR count). The zero-order valence-electron chi connectivity index (χ0n) is 29.3. The fraction of sp³-hybridized carbons (Fsp3) is 0.275. The van der Waals surface area contributed by atoms with Crippen LogP contribution < -0.4 is 4.90 Å². The standard InChI is InChI=1S/C40H39ClN2O6S2/c1-39(2)34(42(5)32-18-10-26-22-28(50(44,45)46)14-16-30(26)36(32)39)20-12-24-8-7-9-25(38(24)41)13-21-35-40(3,4)37-31-17-15-29(51(47,48)49)23-27(31)11-19-33(37)43(35)6/h10-23H,7-9H2,1-6H3,(H-,44,45,46,47,48,49)/p+1. The molecule has 0 aromatic heterocycles. The maximum atomic E-state index is 11.8. The van der Waals surface area contributed by atoms with Gasteiger partial charge >= 0.3 is 0 Å². The molecule has 4 aromatic carbocycles. The van der Waals surface area contributed by atoms with Crippen molar-refractivity contribution in [2.24, 2.45) is 0 Å². The fourth-order valence-electron chi connectivity index (χ4n) is 8.35. The monoisotopic (exact) mass is 743 g/mol. The Morgan fingerprint density at radius 3 is 1.96 bits per heavy atom. The number of halogens is 1. The number of allylic oxidation sites excluding steroid dienone is 8. The Hall–Kier alpha value is -4.06. The number of fused-ring (bicyclic) bond motifs is 6. The molecule has 0 fully saturated rings. The van der Waals surface area contributed by atoms with Crippen molar-refractivity contribution >= 4 is 70.5 Å². The molecule has 4 aromatic rings. The van der Waals surface area contributed by atoms with E-state index in [2.05, 4.69) is 61.5 Å². The Labute approximate surface area is 304 Å². The van der Waals surface area contributed by atoms with E-state index >= 15 is 0 Å². The van der Waals surface area contributed by atoms with Gasteiger partial charge in [0.15, 0.2) is 5.71 Å². The molecule has 0 bridgehead atoms. The van der Waals surface area contributed by atoms with E-state index in [1.54, 1.807) is 12.1 Å². The second-order valence-corrected chi connectivity index (χ2v) is 17.9. The molecule has 1 aliphatic carbocycles. The van der Waals surface area contributed by atoms with E-state index in [9.17, 15) is 25.9 Å². The van der Waals surface area contributed by atoms with Gasteiger partial charge in [0, 0.05) is 46.6 Å². The lowest BCUT2D eigenvalue weighted by Crippen LogP contribution is -2.27. The molecular formula is C40H40ClN2O6S2+. The van der Waals surface area contributed by atoms with Crippen LogP contribution in [0.4, 0.5) is 11.4 Å². The van der Waals surface area contributed by atoms with E-state index < -0.39 is 31.1 Å². The fourth-order valence-corrected chi connectivity index (χ4v) is 9.69. The molecule has 0 unspecified atom stereocenters. The Bertz CT molecular complexity index is 2590. The summed E-state index contributed by atoms with van der Waals surface area (Å²) in [6.07, 6.45) is 11.2. The number of anilines is 1. The van der Waals surface area contributed by atoms with Crippen LogP contribution in [0.1, 0.15) is 58.1 Å². The molecular weight excluding hydrogens is 704 g/mol. The highest BCUT2D eigenvalue weighted by Gasteiger charge is 2.44. The molecule has 0 spiro atoms. The highest BCUT2D eigenvalue weighted by Crippen LogP contribution is 2.50. The number of nitrogens with zero attached hydrogens (tertiary/aromatic N) is 2. The minimum atomic E-state index is -4.31. The Balaban J connectivity index is 1.21. The number of rotatable bonds is 5. The van der Waals surface area contributed by atoms with Gasteiger partial charge in [-0.2, -0.15) is 21.4 Å². The summed E-state index contributed by atoms with van der Waals surface area (Å²) in [6.45, 7) is 8.64. The van der Waals surface area contributed by atoms with Gasteiger partial charge in [-0.1, -0.05) is 55.8 Å². The van der Waals surface area contributed by atoms with Crippen molar-refractivity contribution in [2.45, 2.75) is 67.6 Å². The van der Waals surface area contributed by atoms with Gasteiger partial charge in [0.1, 0.15) is 7.05 Å². The first-order valence-corrected chi connectivity index (χ1v) is 20.0. The van der Waals surface area contributed by atoms with Crippen LogP contribution in [0.15, 0.2) is 117 Å². The first-order valence-electron chi connectivity index (χ1n) is 16.7. The predicted octanol–water partition coefficient (Wildman–Crippen LogP) is 8.96. The van der Waals surface area contributed by atoms with Crippen LogP contribution >= 0.6 is 11.6 Å². The van der Waals surface area contributed by atoms with Crippen molar-refractivity contribution in [3.05, 3.63) is 118 Å². The molecule has 0 atom stereocenters. The summed E-state index contributed by atoms with van der Waals surface area (Å²) in [6, 6.07) is 17.2. The molecule has 3 aliphatic rings. The lowest BCUT2D eigenvalue weighted by molar-refractivity contribution is -0.401. The maximum absolute atomic E-state index is 11.8. The van der Waals surface area contributed by atoms with E-state index in [1.807, 2.05) is 38.4 Å². The van der Waals surface area contributed by atoms with Gasteiger partial charge < -0.3 is 4.90 Å². The molecule has 264 valence electrons. The van der Waals surface area contributed by atoms with E-state index in [0.29, 0.717) is 0 Å². The summed E-state index contributed by atoms with van der Waals surface area (Å²) in [4.78, 5) is 1.92. The summed E-state index contributed by atoms with van der Waals surface area (Å²) in [7, 11) is -4.55. The second-order valence-electron chi connectivity index (χ2n) is 14.7. The van der Waals surface area contributed by atoms with Gasteiger partial charge in [0.2, 0.25) is 5.69 Å². The Kier molecular flexibility index (Phi) is 8.32. The van der Waals surface area contributed by atoms with Crippen molar-refractivity contribution in [3.8, 4) is 0 Å². The third-order valence-electron chi connectivity index (χ3n) is 10.9. The van der Waals surface area contributed by atoms with Crippen LogP contribution in [-0.4, -0.2) is 50.3 Å². The molecule has 51 heavy (non-hydrogen) atoms. The number of benzene rings is 4. The van der Waals surface area contributed by atoms with Gasteiger partial charge in [0.05, 0.1) is 15.2 Å². The van der Waals surface area contributed by atoms with Crippen LogP contribution in [-0.2, 0) is 31.1 Å². The van der Waals surface area contributed by atoms with Crippen molar-refractivity contribution in [3.63, 3.8) is 0 Å². The minimum Gasteiger partial charge on any atom is -0.347 e. The molecule has 2 aliphatic heterocycles. The first kappa shape index (κ1) is 35.3. The molecule has 8 nitrogen and oxygen atoms in total. The Morgan fingerprint density at radius 2 is 1.35 bits per heavy atom. The minimum absolute atomic E-state index is 0.125. The lowest BCUT2D eigenvalue weighted by Gasteiger charge is -2.25. The second kappa shape index (κ2) is 12.0. The maximum Gasteiger partial charge on any atom is 0.294 e. The topological polar surface area (TPSA) is 115 Å². The Morgan fingerprint density at radius 1 is 0.765 bits per heavy atom. The smallest absolute Gasteiger partial charge is 0.294 e. The SMILES string of the molecule is CN1/C(=C\C=C2\CCCC(/C=C/C3=[N+](C)c4ccc5cc(S(=O)(=O)O)ccc5c4C3(C)C)=C2Cl)C(C)(C)c2c1ccc1cc(S(=O)(=O)O)ccc21. The third-order valence-corrected chi connectivity index (χ3v) is 13.0. The molecule has 0 saturated carbocycles. The predicted molar refractivity (Wildman–Crippen MR) is 205 cm³/mol. The number of hydrogen-bond acceptors (Lipinski definition) is 5. The highest BCUT2D eigenvalue weighted by molar-refractivity contribution is 7.86. The zero-order valence-corrected chi connectivity index (χ0v) is 31.7. The summed E-state index contributed by atoms with van der Waals surface area (Å²) >= 11 is 7.13. The molecule has 2 N–H and O–H groups in total. The lowest BCUT2D eigenvalue weighted by atomic mass is 9.78. The highest BCUT2D eigenvalue weighted by atomic mass is 35.5. The number of likely N-dealkylation sites (N-methyl/N-ethyl adjacent to an activating group) is 1. The van der Waals surface area contributed by atoms with Crippen molar-refractivity contribution in [1.82, 2.24) is 0 Å². The van der Waals surface area contributed by atoms with Crippen molar-refractivity contribution in [2.75, 3.05) is 19.0 Å². The zero-order chi connectivity index (χ0) is 36.8. The van der Waals surface area contributed by atoms with Crippen molar-refractivity contribution in [1.29, 1.82) is 0 Å². The molecule has 0 radical (unpaired) electrons. The van der Waals surface area contributed by atoms with Gasteiger partial charge in [-0.05, 0) is 114 Å². The third kappa shape index (κ3) is 5.77. The molecule has 0 amide bonds.